The van der Waals surface area contributed by atoms with Crippen LogP contribution >= 0.6 is 11.8 Å². The van der Waals surface area contributed by atoms with Crippen LogP contribution in [0.15, 0.2) is 65.7 Å². The molecule has 0 saturated heterocycles. The molecule has 0 saturated carbocycles. The lowest BCUT2D eigenvalue weighted by Gasteiger charge is -2.22. The molecule has 29 heavy (non-hydrogen) atoms. The molecule has 0 N–H and O–H groups in total. The third-order valence-electron chi connectivity index (χ3n) is 5.32. The highest BCUT2D eigenvalue weighted by molar-refractivity contribution is 7.99. The number of nitrogens with zero attached hydrogens (tertiary/aromatic N) is 2. The van der Waals surface area contributed by atoms with Crippen LogP contribution in [-0.4, -0.2) is 10.7 Å². The minimum atomic E-state index is 0.729. The van der Waals surface area contributed by atoms with Gasteiger partial charge in [-0.25, -0.2) is 4.98 Å². The molecule has 3 heteroatoms. The first kappa shape index (κ1) is 19.5. The van der Waals surface area contributed by atoms with E-state index in [2.05, 4.69) is 61.5 Å². The summed E-state index contributed by atoms with van der Waals surface area (Å²) in [6.07, 6.45) is 8.64. The molecule has 1 aromatic heterocycles. The molecule has 0 unspecified atom stereocenters. The molecule has 2 aromatic carbocycles. The van der Waals surface area contributed by atoms with E-state index in [-0.39, 0.29) is 0 Å². The number of thioether (sulfide) groups is 1. The van der Waals surface area contributed by atoms with Crippen molar-refractivity contribution in [2.45, 2.75) is 37.6 Å². The van der Waals surface area contributed by atoms with Gasteiger partial charge in [-0.1, -0.05) is 72.3 Å². The summed E-state index contributed by atoms with van der Waals surface area (Å²) < 4.78 is 0. The van der Waals surface area contributed by atoms with Crippen LogP contribution in [0.2, 0.25) is 0 Å². The predicted molar refractivity (Wildman–Crippen MR) is 122 cm³/mol. The van der Waals surface area contributed by atoms with Crippen molar-refractivity contribution in [3.8, 4) is 17.2 Å². The Balaban J connectivity index is 1.68. The van der Waals surface area contributed by atoms with Gasteiger partial charge in [0.25, 0.3) is 0 Å². The van der Waals surface area contributed by atoms with E-state index in [1.165, 1.54) is 35.2 Å². The number of rotatable bonds is 5. The summed E-state index contributed by atoms with van der Waals surface area (Å²) in [6, 6.07) is 21.3. The van der Waals surface area contributed by atoms with Gasteiger partial charge in [0, 0.05) is 17.0 Å². The van der Waals surface area contributed by atoms with Crippen LogP contribution in [-0.2, 0) is 12.8 Å². The minimum absolute atomic E-state index is 0.729. The Morgan fingerprint density at radius 2 is 1.79 bits per heavy atom. The summed E-state index contributed by atoms with van der Waals surface area (Å²) in [4.78, 5) is 4.94. The molecule has 4 rings (SSSR count). The van der Waals surface area contributed by atoms with Crippen molar-refractivity contribution >= 4 is 17.8 Å². The van der Waals surface area contributed by atoms with Gasteiger partial charge in [-0.15, -0.1) is 11.8 Å². The average molecular weight is 397 g/mol. The summed E-state index contributed by atoms with van der Waals surface area (Å²) in [7, 11) is 0. The molecule has 0 bridgehead atoms. The molecule has 0 spiro atoms. The van der Waals surface area contributed by atoms with Gasteiger partial charge >= 0.3 is 0 Å². The first-order chi connectivity index (χ1) is 14.3. The number of pyridine rings is 1. The van der Waals surface area contributed by atoms with Crippen molar-refractivity contribution < 1.29 is 0 Å². The number of nitriles is 1. The summed E-state index contributed by atoms with van der Waals surface area (Å²) in [5.41, 5.74) is 7.85. The molecule has 1 heterocycles. The lowest BCUT2D eigenvalue weighted by Crippen LogP contribution is -2.10. The highest BCUT2D eigenvalue weighted by atomic mass is 32.2. The third kappa shape index (κ3) is 4.44. The van der Waals surface area contributed by atoms with Gasteiger partial charge < -0.3 is 0 Å². The van der Waals surface area contributed by atoms with Crippen molar-refractivity contribution in [3.05, 3.63) is 88.6 Å². The monoisotopic (exact) mass is 396 g/mol. The number of aromatic nitrogens is 1. The van der Waals surface area contributed by atoms with Crippen molar-refractivity contribution in [1.29, 1.82) is 5.26 Å². The quantitative estimate of drug-likeness (QED) is 0.455. The van der Waals surface area contributed by atoms with Crippen molar-refractivity contribution in [2.75, 3.05) is 5.75 Å². The van der Waals surface area contributed by atoms with Gasteiger partial charge in [-0.3, -0.25) is 0 Å². The van der Waals surface area contributed by atoms with Gasteiger partial charge in [0.05, 0.1) is 5.56 Å². The maximum atomic E-state index is 10.0. The van der Waals surface area contributed by atoms with Crippen LogP contribution in [0.4, 0.5) is 0 Å². The molecular weight excluding hydrogens is 372 g/mol. The molecule has 0 fully saturated rings. The normalized spacial score (nSPS) is 13.2. The maximum absolute atomic E-state index is 10.0. The van der Waals surface area contributed by atoms with Crippen LogP contribution in [0.5, 0.6) is 0 Å². The van der Waals surface area contributed by atoms with E-state index in [0.29, 0.717) is 0 Å². The van der Waals surface area contributed by atoms with Gasteiger partial charge in [0.2, 0.25) is 0 Å². The van der Waals surface area contributed by atoms with Crippen LogP contribution in [0.25, 0.3) is 17.2 Å². The van der Waals surface area contributed by atoms with Crippen LogP contribution < -0.4 is 0 Å². The van der Waals surface area contributed by atoms with Gasteiger partial charge in [-0.05, 0) is 49.3 Å². The molecule has 0 amide bonds. The number of hydrogen-bond donors (Lipinski definition) is 0. The molecule has 1 aliphatic carbocycles. The Morgan fingerprint density at radius 3 is 2.55 bits per heavy atom. The summed E-state index contributed by atoms with van der Waals surface area (Å²) in [5.74, 6) is 0.794. The second-order valence-electron chi connectivity index (χ2n) is 7.40. The van der Waals surface area contributed by atoms with E-state index in [1.807, 2.05) is 18.2 Å². The maximum Gasteiger partial charge on any atom is 0.115 e. The summed E-state index contributed by atoms with van der Waals surface area (Å²) in [5, 5.41) is 10.9. The summed E-state index contributed by atoms with van der Waals surface area (Å²) >= 11 is 1.66. The standard InChI is InChI=1S/C26H24N2S/c1-19-13-15-21(16-14-19)25-22-11-5-6-12-24(22)28-26(23(25)18-27)29-17-7-10-20-8-3-2-4-9-20/h2-4,7-10,13-16H,5-6,11-12,17H2,1H3. The van der Waals surface area contributed by atoms with Gasteiger partial charge in [0.1, 0.15) is 11.1 Å². The Labute approximate surface area is 177 Å². The number of aryl methyl sites for hydroxylation is 2. The minimum Gasteiger partial charge on any atom is -0.245 e. The van der Waals surface area contributed by atoms with E-state index in [1.54, 1.807) is 11.8 Å². The van der Waals surface area contributed by atoms with Gasteiger partial charge in [-0.2, -0.15) is 5.26 Å². The van der Waals surface area contributed by atoms with Crippen molar-refractivity contribution in [1.82, 2.24) is 4.98 Å². The Bertz CT molecular complexity index is 1060. The van der Waals surface area contributed by atoms with E-state index in [4.69, 9.17) is 4.98 Å². The molecule has 144 valence electrons. The van der Waals surface area contributed by atoms with Crippen molar-refractivity contribution in [3.63, 3.8) is 0 Å². The van der Waals surface area contributed by atoms with Crippen molar-refractivity contribution in [2.24, 2.45) is 0 Å². The van der Waals surface area contributed by atoms with Crippen LogP contribution in [0, 0.1) is 18.3 Å². The Morgan fingerprint density at radius 1 is 1.03 bits per heavy atom. The fraction of sp³-hybridized carbons (Fsp3) is 0.231. The Kier molecular flexibility index (Phi) is 6.12. The highest BCUT2D eigenvalue weighted by Crippen LogP contribution is 2.38. The van der Waals surface area contributed by atoms with E-state index < -0.39 is 0 Å². The van der Waals surface area contributed by atoms with Crippen LogP contribution in [0.1, 0.15) is 40.8 Å². The Hall–Kier alpha value is -2.83. The second kappa shape index (κ2) is 9.11. The second-order valence-corrected chi connectivity index (χ2v) is 8.41. The van der Waals surface area contributed by atoms with Crippen LogP contribution in [0.3, 0.4) is 0 Å². The molecule has 0 radical (unpaired) electrons. The largest absolute Gasteiger partial charge is 0.245 e. The number of hydrogen-bond acceptors (Lipinski definition) is 3. The molecule has 1 aliphatic rings. The molecule has 3 aromatic rings. The zero-order chi connectivity index (χ0) is 20.1. The third-order valence-corrected chi connectivity index (χ3v) is 6.25. The SMILES string of the molecule is Cc1ccc(-c2c(C#N)c(SCC=Cc3ccccc3)nc3c2CCCC3)cc1. The molecular formula is C26H24N2S. The zero-order valence-corrected chi connectivity index (χ0v) is 17.5. The number of benzene rings is 2. The van der Waals surface area contributed by atoms with Gasteiger partial charge in [0.15, 0.2) is 0 Å². The average Bonchev–Trinajstić information content (AvgIpc) is 2.77. The lowest BCUT2D eigenvalue weighted by molar-refractivity contribution is 0.661. The van der Waals surface area contributed by atoms with E-state index in [9.17, 15) is 5.26 Å². The number of fused-ring (bicyclic) bond motifs is 1. The predicted octanol–water partition coefficient (Wildman–Crippen LogP) is 6.61. The topological polar surface area (TPSA) is 36.7 Å². The molecule has 0 aliphatic heterocycles. The molecule has 2 nitrogen and oxygen atoms in total. The smallest absolute Gasteiger partial charge is 0.115 e. The molecule has 0 atom stereocenters. The van der Waals surface area contributed by atoms with E-state index >= 15 is 0 Å². The first-order valence-electron chi connectivity index (χ1n) is 10.1. The fourth-order valence-electron chi connectivity index (χ4n) is 3.84. The zero-order valence-electron chi connectivity index (χ0n) is 16.7. The highest BCUT2D eigenvalue weighted by Gasteiger charge is 2.22. The van der Waals surface area contributed by atoms with E-state index in [0.717, 1.165) is 40.3 Å². The summed E-state index contributed by atoms with van der Waals surface area (Å²) in [6.45, 7) is 2.09. The fourth-order valence-corrected chi connectivity index (χ4v) is 4.66. The first-order valence-corrected chi connectivity index (χ1v) is 11.1. The lowest BCUT2D eigenvalue weighted by atomic mass is 9.87.